The molecule has 1 aromatic rings. The monoisotopic (exact) mass is 486 g/mol. The summed E-state index contributed by atoms with van der Waals surface area (Å²) in [5, 5.41) is 9.72. The van der Waals surface area contributed by atoms with Gasteiger partial charge >= 0.3 is 0 Å². The molecular formula is C22H34N2O6S2. The van der Waals surface area contributed by atoms with Gasteiger partial charge in [0.15, 0.2) is 0 Å². The van der Waals surface area contributed by atoms with Gasteiger partial charge in [-0.1, -0.05) is 19.1 Å². The van der Waals surface area contributed by atoms with Crippen molar-refractivity contribution in [2.45, 2.75) is 56.6 Å². The zero-order chi connectivity index (χ0) is 23.7. The Hall–Kier alpha value is -1.46. The topological polar surface area (TPSA) is 104 Å². The highest BCUT2D eigenvalue weighted by Gasteiger charge is 2.38. The summed E-state index contributed by atoms with van der Waals surface area (Å²) < 4.78 is 59.8. The van der Waals surface area contributed by atoms with Crippen molar-refractivity contribution in [3.8, 4) is 5.75 Å². The minimum atomic E-state index is -3.92. The van der Waals surface area contributed by atoms with E-state index in [1.807, 2.05) is 6.92 Å². The molecule has 1 aliphatic heterocycles. The molecule has 0 fully saturated rings. The SMILES string of the molecule is C[C@@H]1CN([C@H](C)CO)S(=O)(=O)c2ccc(C3=CCCCC3)cc2O[C@H]1CN(C)S(C)(=O)=O. The molecule has 0 radical (unpaired) electrons. The van der Waals surface area contributed by atoms with Gasteiger partial charge in [-0.2, -0.15) is 4.31 Å². The van der Waals surface area contributed by atoms with Crippen LogP contribution < -0.4 is 4.74 Å². The van der Waals surface area contributed by atoms with Gasteiger partial charge in [0.1, 0.15) is 16.7 Å². The predicted molar refractivity (Wildman–Crippen MR) is 124 cm³/mol. The Morgan fingerprint density at radius 1 is 1.31 bits per heavy atom. The lowest BCUT2D eigenvalue weighted by Crippen LogP contribution is -2.50. The summed E-state index contributed by atoms with van der Waals surface area (Å²) in [5.74, 6) is -0.0868. The summed E-state index contributed by atoms with van der Waals surface area (Å²) >= 11 is 0. The van der Waals surface area contributed by atoms with Gasteiger partial charge in [0.25, 0.3) is 0 Å². The van der Waals surface area contributed by atoms with Crippen molar-refractivity contribution in [2.24, 2.45) is 5.92 Å². The van der Waals surface area contributed by atoms with E-state index in [9.17, 15) is 21.9 Å². The number of aliphatic hydroxyl groups excluding tert-OH is 1. The number of aliphatic hydroxyl groups is 1. The second-order valence-corrected chi connectivity index (χ2v) is 12.9. The zero-order valence-electron chi connectivity index (χ0n) is 19.2. The van der Waals surface area contributed by atoms with Gasteiger partial charge in [0, 0.05) is 25.6 Å². The molecule has 32 heavy (non-hydrogen) atoms. The number of hydrogen-bond acceptors (Lipinski definition) is 6. The van der Waals surface area contributed by atoms with Gasteiger partial charge < -0.3 is 9.84 Å². The van der Waals surface area contributed by atoms with Crippen molar-refractivity contribution >= 4 is 25.6 Å². The molecule has 0 aromatic heterocycles. The average molecular weight is 487 g/mol. The second-order valence-electron chi connectivity index (χ2n) is 8.92. The molecule has 0 unspecified atom stereocenters. The first-order valence-electron chi connectivity index (χ1n) is 11.0. The fourth-order valence-corrected chi connectivity index (χ4v) is 6.38. The second kappa shape index (κ2) is 9.80. The molecule has 8 nitrogen and oxygen atoms in total. The first-order chi connectivity index (χ1) is 14.9. The molecule has 2 aliphatic rings. The summed E-state index contributed by atoms with van der Waals surface area (Å²) in [6, 6.07) is 4.51. The zero-order valence-corrected chi connectivity index (χ0v) is 20.8. The summed E-state index contributed by atoms with van der Waals surface area (Å²) in [5.41, 5.74) is 2.09. The minimum Gasteiger partial charge on any atom is -0.487 e. The highest BCUT2D eigenvalue weighted by Crippen LogP contribution is 2.37. The van der Waals surface area contributed by atoms with Crippen LogP contribution in [0.1, 0.15) is 45.1 Å². The Bertz CT molecular complexity index is 1070. The fraction of sp³-hybridized carbons (Fsp3) is 0.636. The van der Waals surface area contributed by atoms with E-state index in [1.54, 1.807) is 25.1 Å². The standard InChI is InChI=1S/C22H34N2O6S2/c1-16-13-24(17(2)15-25)32(28,29)22-11-10-19(18-8-6-5-7-9-18)12-20(22)30-21(16)14-23(3)31(4,26)27/h8,10-12,16-17,21,25H,5-7,9,13-15H2,1-4H3/t16-,17-,21+/m1/s1. The first-order valence-corrected chi connectivity index (χ1v) is 14.3. The number of rotatable bonds is 6. The van der Waals surface area contributed by atoms with Crippen LogP contribution in [0.5, 0.6) is 5.75 Å². The van der Waals surface area contributed by atoms with Gasteiger partial charge in [0.05, 0.1) is 19.4 Å². The third kappa shape index (κ3) is 5.36. The largest absolute Gasteiger partial charge is 0.487 e. The highest BCUT2D eigenvalue weighted by molar-refractivity contribution is 7.89. The van der Waals surface area contributed by atoms with Crippen molar-refractivity contribution in [1.82, 2.24) is 8.61 Å². The third-order valence-corrected chi connectivity index (χ3v) is 9.63. The van der Waals surface area contributed by atoms with Crippen LogP contribution >= 0.6 is 0 Å². The van der Waals surface area contributed by atoms with Crippen molar-refractivity contribution in [1.29, 1.82) is 0 Å². The number of benzene rings is 1. The normalized spacial score (nSPS) is 25.2. The minimum absolute atomic E-state index is 0.0388. The maximum absolute atomic E-state index is 13.5. The van der Waals surface area contributed by atoms with Gasteiger partial charge in [0.2, 0.25) is 20.0 Å². The van der Waals surface area contributed by atoms with Crippen molar-refractivity contribution in [2.75, 3.05) is 33.0 Å². The van der Waals surface area contributed by atoms with Crippen molar-refractivity contribution in [3.63, 3.8) is 0 Å². The van der Waals surface area contributed by atoms with Gasteiger partial charge in [-0.15, -0.1) is 0 Å². The van der Waals surface area contributed by atoms with E-state index in [1.165, 1.54) is 21.2 Å². The molecule has 180 valence electrons. The van der Waals surface area contributed by atoms with Crippen LogP contribution in [0.25, 0.3) is 5.57 Å². The number of nitrogens with zero attached hydrogens (tertiary/aromatic N) is 2. The van der Waals surface area contributed by atoms with Crippen LogP contribution in [0.15, 0.2) is 29.2 Å². The third-order valence-electron chi connectivity index (χ3n) is 6.33. The molecular weight excluding hydrogens is 452 g/mol. The number of likely N-dealkylation sites (N-methyl/N-ethyl adjacent to an activating group) is 1. The van der Waals surface area contributed by atoms with Crippen molar-refractivity contribution in [3.05, 3.63) is 29.8 Å². The Balaban J connectivity index is 2.11. The number of sulfonamides is 2. The summed E-state index contributed by atoms with van der Waals surface area (Å²) in [7, 11) is -5.87. The number of fused-ring (bicyclic) bond motifs is 1. The number of hydrogen-bond donors (Lipinski definition) is 1. The van der Waals surface area contributed by atoms with Crippen LogP contribution in [0.3, 0.4) is 0 Å². The maximum atomic E-state index is 13.5. The van der Waals surface area contributed by atoms with Crippen LogP contribution in [0, 0.1) is 5.92 Å². The summed E-state index contributed by atoms with van der Waals surface area (Å²) in [4.78, 5) is 0.0388. The molecule has 0 spiro atoms. The van der Waals surface area contributed by atoms with Gasteiger partial charge in [-0.3, -0.25) is 0 Å². The Kier molecular flexibility index (Phi) is 7.71. The fourth-order valence-electron chi connectivity index (χ4n) is 4.13. The first kappa shape index (κ1) is 25.2. The van der Waals surface area contributed by atoms with Crippen LogP contribution in [0.2, 0.25) is 0 Å². The van der Waals surface area contributed by atoms with Crippen molar-refractivity contribution < 1.29 is 26.7 Å². The highest BCUT2D eigenvalue weighted by atomic mass is 32.2. The Morgan fingerprint density at radius 3 is 2.62 bits per heavy atom. The van der Waals surface area contributed by atoms with Gasteiger partial charge in [-0.05, 0) is 55.9 Å². The van der Waals surface area contributed by atoms with E-state index < -0.39 is 32.2 Å². The van der Waals surface area contributed by atoms with Crippen LogP contribution in [-0.4, -0.2) is 75.7 Å². The van der Waals surface area contributed by atoms with E-state index in [-0.39, 0.29) is 36.3 Å². The molecule has 3 atom stereocenters. The molecule has 3 rings (SSSR count). The molecule has 10 heteroatoms. The summed E-state index contributed by atoms with van der Waals surface area (Å²) in [6.45, 7) is 3.38. The van der Waals surface area contributed by atoms with Crippen LogP contribution in [-0.2, 0) is 20.0 Å². The lowest BCUT2D eigenvalue weighted by atomic mass is 9.93. The number of allylic oxidation sites excluding steroid dienone is 2. The molecule has 1 aliphatic carbocycles. The molecule has 0 bridgehead atoms. The molecule has 0 saturated heterocycles. The van der Waals surface area contributed by atoms with E-state index >= 15 is 0 Å². The van der Waals surface area contributed by atoms with E-state index in [2.05, 4.69) is 6.08 Å². The molecule has 1 N–H and O–H groups in total. The maximum Gasteiger partial charge on any atom is 0.247 e. The quantitative estimate of drug-likeness (QED) is 0.662. The van der Waals surface area contributed by atoms with Crippen LogP contribution in [0.4, 0.5) is 0 Å². The molecule has 1 heterocycles. The predicted octanol–water partition coefficient (Wildman–Crippen LogP) is 2.30. The molecule has 0 amide bonds. The Morgan fingerprint density at radius 2 is 2.03 bits per heavy atom. The smallest absolute Gasteiger partial charge is 0.247 e. The average Bonchev–Trinajstić information content (AvgIpc) is 2.75. The lowest BCUT2D eigenvalue weighted by Gasteiger charge is -2.37. The number of ether oxygens (including phenoxy) is 1. The van der Waals surface area contributed by atoms with E-state index in [4.69, 9.17) is 4.74 Å². The lowest BCUT2D eigenvalue weighted by molar-refractivity contribution is 0.0905. The van der Waals surface area contributed by atoms with E-state index in [0.717, 1.165) is 37.5 Å². The molecule has 1 aromatic carbocycles. The van der Waals surface area contributed by atoms with Gasteiger partial charge in [-0.25, -0.2) is 21.1 Å². The Labute approximate surface area is 192 Å². The van der Waals surface area contributed by atoms with E-state index in [0.29, 0.717) is 0 Å². The molecule has 0 saturated carbocycles. The summed E-state index contributed by atoms with van der Waals surface area (Å²) in [6.07, 6.45) is 6.90.